The molecule has 0 aliphatic carbocycles. The number of anilines is 1. The molecule has 2 N–H and O–H groups in total. The summed E-state index contributed by atoms with van der Waals surface area (Å²) in [5.74, 6) is -1.40. The van der Waals surface area contributed by atoms with Crippen LogP contribution >= 0.6 is 0 Å². The van der Waals surface area contributed by atoms with Gasteiger partial charge in [0, 0.05) is 11.3 Å². The minimum atomic E-state index is -1.34. The molecule has 3 rings (SSSR count). The van der Waals surface area contributed by atoms with Crippen LogP contribution < -0.4 is 15.8 Å². The van der Waals surface area contributed by atoms with Crippen molar-refractivity contribution in [3.05, 3.63) is 78.0 Å². The van der Waals surface area contributed by atoms with Crippen LogP contribution in [0.2, 0.25) is 0 Å². The Morgan fingerprint density at radius 1 is 1.04 bits per heavy atom. The lowest BCUT2D eigenvalue weighted by Gasteiger charge is -2.32. The summed E-state index contributed by atoms with van der Waals surface area (Å²) >= 11 is 0. The smallest absolute Gasteiger partial charge is 0.336 e. The van der Waals surface area contributed by atoms with E-state index in [9.17, 15) is 14.4 Å². The van der Waals surface area contributed by atoms with Gasteiger partial charge in [-0.3, -0.25) is 25.3 Å². The van der Waals surface area contributed by atoms with Gasteiger partial charge >= 0.3 is 5.97 Å². The van der Waals surface area contributed by atoms with Crippen LogP contribution in [0.5, 0.6) is 0 Å². The summed E-state index contributed by atoms with van der Waals surface area (Å²) in [7, 11) is 0. The van der Waals surface area contributed by atoms with Gasteiger partial charge in [-0.25, -0.2) is 4.79 Å². The van der Waals surface area contributed by atoms with Crippen molar-refractivity contribution in [2.75, 3.05) is 11.5 Å². The van der Waals surface area contributed by atoms with E-state index in [4.69, 9.17) is 4.74 Å². The minimum Gasteiger partial charge on any atom is -0.464 e. The van der Waals surface area contributed by atoms with Gasteiger partial charge < -0.3 is 4.74 Å². The number of carbonyl (C=O) groups excluding carboxylic acids is 3. The third kappa shape index (κ3) is 3.59. The largest absolute Gasteiger partial charge is 0.464 e. The number of rotatable bonds is 6. The van der Waals surface area contributed by atoms with E-state index in [1.807, 2.05) is 6.07 Å². The van der Waals surface area contributed by atoms with Crippen molar-refractivity contribution in [1.29, 1.82) is 0 Å². The zero-order valence-electron chi connectivity index (χ0n) is 15.6. The van der Waals surface area contributed by atoms with Gasteiger partial charge in [-0.2, -0.15) is 0 Å². The van der Waals surface area contributed by atoms with Crippen LogP contribution in [0.4, 0.5) is 5.69 Å². The molecule has 1 aliphatic heterocycles. The van der Waals surface area contributed by atoms with E-state index in [0.29, 0.717) is 11.3 Å². The molecule has 1 atom stereocenters. The molecule has 0 bridgehead atoms. The van der Waals surface area contributed by atoms with Crippen LogP contribution in [0.3, 0.4) is 0 Å². The minimum absolute atomic E-state index is 0.0867. The Bertz CT molecular complexity index is 912. The molecule has 1 unspecified atom stereocenters. The molecule has 0 radical (unpaired) electrons. The van der Waals surface area contributed by atoms with Gasteiger partial charge in [0.05, 0.1) is 6.61 Å². The number of esters is 1. The van der Waals surface area contributed by atoms with Gasteiger partial charge in [-0.05, 0) is 44.2 Å². The van der Waals surface area contributed by atoms with Crippen molar-refractivity contribution in [3.8, 4) is 0 Å². The van der Waals surface area contributed by atoms with E-state index in [2.05, 4.69) is 10.9 Å². The van der Waals surface area contributed by atoms with E-state index in [-0.39, 0.29) is 12.3 Å². The Balaban J connectivity index is 1.86. The molecule has 1 heterocycles. The number of hydrogen-bond donors (Lipinski definition) is 2. The average molecular weight is 379 g/mol. The predicted octanol–water partition coefficient (Wildman–Crippen LogP) is 2.17. The first kappa shape index (κ1) is 19.2. The van der Waals surface area contributed by atoms with Crippen LogP contribution in [0, 0.1) is 0 Å². The molecule has 0 spiro atoms. The maximum absolute atomic E-state index is 13.0. The molecule has 0 aromatic heterocycles. The van der Waals surface area contributed by atoms with Crippen molar-refractivity contribution in [2.45, 2.75) is 19.4 Å². The summed E-state index contributed by atoms with van der Waals surface area (Å²) in [6.45, 7) is 3.49. The first-order valence-electron chi connectivity index (χ1n) is 8.88. The molecule has 2 aromatic rings. The van der Waals surface area contributed by atoms with E-state index in [1.54, 1.807) is 68.4 Å². The zero-order chi connectivity index (χ0) is 20.1. The SMILES string of the molecule is CCOC(=O)C1(C)C=C(NNC(=O)c2ccccc2)C(=O)N1c1ccccc1. The molecule has 0 fully saturated rings. The maximum Gasteiger partial charge on any atom is 0.336 e. The maximum atomic E-state index is 13.0. The Hall–Kier alpha value is -3.61. The predicted molar refractivity (Wildman–Crippen MR) is 104 cm³/mol. The van der Waals surface area contributed by atoms with Crippen LogP contribution in [0.1, 0.15) is 24.2 Å². The molecule has 0 saturated heterocycles. The standard InChI is InChI=1S/C21H21N3O4/c1-3-28-20(27)21(2)14-17(19(26)24(21)16-12-8-5-9-13-16)22-23-18(25)15-10-6-4-7-11-15/h4-14,22H,3H2,1-2H3,(H,23,25). The van der Waals surface area contributed by atoms with Crippen LogP contribution in [-0.2, 0) is 14.3 Å². The number of ether oxygens (including phenoxy) is 1. The number of amides is 2. The lowest BCUT2D eigenvalue weighted by Crippen LogP contribution is -2.51. The van der Waals surface area contributed by atoms with Gasteiger partial charge in [-0.15, -0.1) is 0 Å². The number of benzene rings is 2. The molecule has 0 saturated carbocycles. The summed E-state index contributed by atoms with van der Waals surface area (Å²) in [4.78, 5) is 39.2. The second kappa shape index (κ2) is 7.96. The summed E-state index contributed by atoms with van der Waals surface area (Å²) in [5.41, 5.74) is 4.87. The Morgan fingerprint density at radius 2 is 1.64 bits per heavy atom. The molecular formula is C21H21N3O4. The lowest BCUT2D eigenvalue weighted by atomic mass is 10.0. The third-order valence-electron chi connectivity index (χ3n) is 4.37. The molecule has 2 aromatic carbocycles. The van der Waals surface area contributed by atoms with Crippen molar-refractivity contribution in [1.82, 2.24) is 10.9 Å². The van der Waals surface area contributed by atoms with Crippen LogP contribution in [0.15, 0.2) is 72.4 Å². The van der Waals surface area contributed by atoms with Crippen molar-refractivity contribution < 1.29 is 19.1 Å². The monoisotopic (exact) mass is 379 g/mol. The van der Waals surface area contributed by atoms with Crippen molar-refractivity contribution >= 4 is 23.5 Å². The van der Waals surface area contributed by atoms with Gasteiger partial charge in [0.25, 0.3) is 11.8 Å². The van der Waals surface area contributed by atoms with Crippen molar-refractivity contribution in [2.24, 2.45) is 0 Å². The van der Waals surface area contributed by atoms with E-state index >= 15 is 0 Å². The first-order chi connectivity index (χ1) is 13.5. The molecular weight excluding hydrogens is 358 g/mol. The number of nitrogens with one attached hydrogen (secondary N) is 2. The summed E-state index contributed by atoms with van der Waals surface area (Å²) in [6.07, 6.45) is 1.46. The van der Waals surface area contributed by atoms with Crippen molar-refractivity contribution in [3.63, 3.8) is 0 Å². The fraction of sp³-hybridized carbons (Fsp3) is 0.190. The van der Waals surface area contributed by atoms with Gasteiger partial charge in [-0.1, -0.05) is 36.4 Å². The lowest BCUT2D eigenvalue weighted by molar-refractivity contribution is -0.147. The Morgan fingerprint density at radius 3 is 2.25 bits per heavy atom. The molecule has 2 amide bonds. The van der Waals surface area contributed by atoms with Gasteiger partial charge in [0.2, 0.25) is 0 Å². The zero-order valence-corrected chi connectivity index (χ0v) is 15.6. The summed E-state index contributed by atoms with van der Waals surface area (Å²) < 4.78 is 5.18. The summed E-state index contributed by atoms with van der Waals surface area (Å²) in [6, 6.07) is 17.4. The van der Waals surface area contributed by atoms with E-state index in [1.165, 1.54) is 11.0 Å². The highest BCUT2D eigenvalue weighted by molar-refractivity contribution is 6.15. The van der Waals surface area contributed by atoms with Crippen LogP contribution in [-0.4, -0.2) is 29.9 Å². The number of hydrazine groups is 1. The fourth-order valence-electron chi connectivity index (χ4n) is 3.00. The second-order valence-corrected chi connectivity index (χ2v) is 6.35. The van der Waals surface area contributed by atoms with Gasteiger partial charge in [0.1, 0.15) is 5.70 Å². The molecule has 7 nitrogen and oxygen atoms in total. The highest BCUT2D eigenvalue weighted by Crippen LogP contribution is 2.33. The topological polar surface area (TPSA) is 87.7 Å². The molecule has 1 aliphatic rings. The van der Waals surface area contributed by atoms with E-state index < -0.39 is 23.3 Å². The van der Waals surface area contributed by atoms with Crippen LogP contribution in [0.25, 0.3) is 0 Å². The highest BCUT2D eigenvalue weighted by atomic mass is 16.5. The Kier molecular flexibility index (Phi) is 5.44. The Labute approximate surface area is 163 Å². The molecule has 28 heavy (non-hydrogen) atoms. The number of para-hydroxylation sites is 1. The second-order valence-electron chi connectivity index (χ2n) is 6.35. The fourth-order valence-corrected chi connectivity index (χ4v) is 3.00. The third-order valence-corrected chi connectivity index (χ3v) is 4.37. The van der Waals surface area contributed by atoms with E-state index in [0.717, 1.165) is 0 Å². The quantitative estimate of drug-likeness (QED) is 0.593. The molecule has 7 heteroatoms. The number of nitrogens with zero attached hydrogens (tertiary/aromatic N) is 1. The average Bonchev–Trinajstić information content (AvgIpc) is 2.98. The highest BCUT2D eigenvalue weighted by Gasteiger charge is 2.49. The summed E-state index contributed by atoms with van der Waals surface area (Å²) in [5, 5.41) is 0. The molecule has 144 valence electrons. The first-order valence-corrected chi connectivity index (χ1v) is 8.88. The normalized spacial score (nSPS) is 18.4. The number of hydrogen-bond acceptors (Lipinski definition) is 5. The van der Waals surface area contributed by atoms with Gasteiger partial charge in [0.15, 0.2) is 5.54 Å². The number of carbonyl (C=O) groups is 3.